The number of aryl methyl sites for hydroxylation is 1. The van der Waals surface area contributed by atoms with Gasteiger partial charge in [-0.05, 0) is 31.4 Å². The highest BCUT2D eigenvalue weighted by Gasteiger charge is 2.19. The van der Waals surface area contributed by atoms with Gasteiger partial charge >= 0.3 is 5.97 Å². The van der Waals surface area contributed by atoms with Crippen LogP contribution < -0.4 is 4.74 Å². The van der Waals surface area contributed by atoms with Crippen LogP contribution in [-0.4, -0.2) is 39.4 Å². The topological polar surface area (TPSA) is 85.2 Å². The summed E-state index contributed by atoms with van der Waals surface area (Å²) in [5.41, 5.74) is 2.65. The smallest absolute Gasteiger partial charge is 0.339 e. The van der Waals surface area contributed by atoms with E-state index in [0.717, 1.165) is 11.1 Å². The molecule has 2 heterocycles. The lowest BCUT2D eigenvalue weighted by atomic mass is 10.0. The lowest BCUT2D eigenvalue weighted by molar-refractivity contribution is 0.0696. The average molecular weight is 341 g/mol. The Balaban J connectivity index is 2.36. The molecule has 3 rings (SSSR count). The lowest BCUT2D eigenvalue weighted by Crippen LogP contribution is -2.05. The molecule has 2 aromatic heterocycles. The number of ether oxygens (including phenoxy) is 1. The van der Waals surface area contributed by atoms with Gasteiger partial charge in [0.05, 0.1) is 12.8 Å². The van der Waals surface area contributed by atoms with E-state index >= 15 is 0 Å². The number of thioether (sulfide) groups is 1. The van der Waals surface area contributed by atoms with E-state index < -0.39 is 5.97 Å². The molecule has 7 heteroatoms. The molecule has 3 aromatic rings. The fraction of sp³-hybridized carbons (Fsp3) is 0.176. The van der Waals surface area contributed by atoms with Gasteiger partial charge in [0.2, 0.25) is 0 Å². The molecule has 0 fully saturated rings. The molecule has 6 nitrogen and oxygen atoms in total. The molecule has 0 saturated carbocycles. The van der Waals surface area contributed by atoms with Gasteiger partial charge in [-0.1, -0.05) is 17.8 Å². The highest BCUT2D eigenvalue weighted by Crippen LogP contribution is 2.34. The predicted molar refractivity (Wildman–Crippen MR) is 92.8 cm³/mol. The van der Waals surface area contributed by atoms with Crippen molar-refractivity contribution in [2.24, 2.45) is 0 Å². The maximum Gasteiger partial charge on any atom is 0.339 e. The number of carboxylic acids is 1. The second kappa shape index (κ2) is 6.45. The summed E-state index contributed by atoms with van der Waals surface area (Å²) < 4.78 is 5.38. The minimum Gasteiger partial charge on any atom is -0.494 e. The highest BCUT2D eigenvalue weighted by atomic mass is 32.2. The number of hydrogen-bond donors (Lipinski definition) is 1. The molecular formula is C17H15N3O3S. The Bertz CT molecular complexity index is 944. The first-order valence-corrected chi connectivity index (χ1v) is 8.36. The van der Waals surface area contributed by atoms with Gasteiger partial charge < -0.3 is 9.84 Å². The number of nitrogens with zero attached hydrogens (tertiary/aromatic N) is 3. The van der Waals surface area contributed by atoms with Crippen molar-refractivity contribution < 1.29 is 14.6 Å². The third-order valence-electron chi connectivity index (χ3n) is 3.61. The van der Waals surface area contributed by atoms with Gasteiger partial charge in [-0.15, -0.1) is 0 Å². The first-order chi connectivity index (χ1) is 11.5. The third kappa shape index (κ3) is 2.78. The Morgan fingerprint density at radius 1 is 1.21 bits per heavy atom. The van der Waals surface area contributed by atoms with Crippen LogP contribution in [0.1, 0.15) is 16.1 Å². The highest BCUT2D eigenvalue weighted by molar-refractivity contribution is 7.98. The largest absolute Gasteiger partial charge is 0.494 e. The molecule has 0 spiro atoms. The van der Waals surface area contributed by atoms with Crippen LogP contribution in [0.15, 0.2) is 35.6 Å². The first-order valence-electron chi connectivity index (χ1n) is 7.14. The second-order valence-corrected chi connectivity index (χ2v) is 5.86. The summed E-state index contributed by atoms with van der Waals surface area (Å²) in [6.07, 6.45) is 3.19. The van der Waals surface area contributed by atoms with Gasteiger partial charge in [-0.2, -0.15) is 0 Å². The molecular weight excluding hydrogens is 326 g/mol. The van der Waals surface area contributed by atoms with Crippen LogP contribution in [0.3, 0.4) is 0 Å². The second-order valence-electron chi connectivity index (χ2n) is 5.09. The standard InChI is InChI=1S/C17H15N3O3S/c1-9-4-5-11-10(6-7-13(23-2)15(11)19-9)14-12(16(21)22)8-18-17(20-14)24-3/h4-8H,1-3H3,(H,21,22). The van der Waals surface area contributed by atoms with Crippen LogP contribution in [0.25, 0.3) is 22.2 Å². The van der Waals surface area contributed by atoms with Crippen LogP contribution in [0.4, 0.5) is 0 Å². The summed E-state index contributed by atoms with van der Waals surface area (Å²) in [6, 6.07) is 7.36. The molecule has 0 radical (unpaired) electrons. The van der Waals surface area contributed by atoms with E-state index in [1.165, 1.54) is 18.0 Å². The molecule has 1 aromatic carbocycles. The zero-order chi connectivity index (χ0) is 17.3. The molecule has 122 valence electrons. The van der Waals surface area contributed by atoms with E-state index in [9.17, 15) is 9.90 Å². The van der Waals surface area contributed by atoms with E-state index in [-0.39, 0.29) is 5.56 Å². The Kier molecular flexibility index (Phi) is 4.35. The van der Waals surface area contributed by atoms with Crippen molar-refractivity contribution in [3.05, 3.63) is 41.7 Å². The van der Waals surface area contributed by atoms with Crippen molar-refractivity contribution in [1.82, 2.24) is 15.0 Å². The number of hydrogen-bond acceptors (Lipinski definition) is 6. The number of fused-ring (bicyclic) bond motifs is 1. The van der Waals surface area contributed by atoms with Gasteiger partial charge in [-0.3, -0.25) is 0 Å². The van der Waals surface area contributed by atoms with Crippen LogP contribution >= 0.6 is 11.8 Å². The van der Waals surface area contributed by atoms with Crippen LogP contribution in [-0.2, 0) is 0 Å². The van der Waals surface area contributed by atoms with E-state index in [1.807, 2.05) is 25.3 Å². The van der Waals surface area contributed by atoms with Crippen LogP contribution in [0, 0.1) is 6.92 Å². The average Bonchev–Trinajstić information content (AvgIpc) is 2.59. The van der Waals surface area contributed by atoms with Gasteiger partial charge in [-0.25, -0.2) is 19.7 Å². The maximum atomic E-state index is 11.6. The Morgan fingerprint density at radius 3 is 2.67 bits per heavy atom. The van der Waals surface area contributed by atoms with Gasteiger partial charge in [0, 0.05) is 22.8 Å². The Hall–Kier alpha value is -2.67. The van der Waals surface area contributed by atoms with Crippen LogP contribution in [0.5, 0.6) is 5.75 Å². The lowest BCUT2D eigenvalue weighted by Gasteiger charge is -2.12. The Morgan fingerprint density at radius 2 is 2.00 bits per heavy atom. The van der Waals surface area contributed by atoms with Gasteiger partial charge in [0.15, 0.2) is 5.16 Å². The zero-order valence-corrected chi connectivity index (χ0v) is 14.2. The molecule has 1 N–H and O–H groups in total. The molecule has 0 bridgehead atoms. The summed E-state index contributed by atoms with van der Waals surface area (Å²) >= 11 is 1.36. The molecule has 0 aliphatic heterocycles. The number of carboxylic acid groups (broad SMARTS) is 1. The molecule has 0 saturated heterocycles. The van der Waals surface area contributed by atoms with Crippen LogP contribution in [0.2, 0.25) is 0 Å². The number of methoxy groups -OCH3 is 1. The summed E-state index contributed by atoms with van der Waals surface area (Å²) in [7, 11) is 1.58. The Labute approximate surface area is 142 Å². The zero-order valence-electron chi connectivity index (χ0n) is 13.4. The minimum absolute atomic E-state index is 0.0554. The molecule has 0 amide bonds. The number of aromatic nitrogens is 3. The maximum absolute atomic E-state index is 11.6. The first kappa shape index (κ1) is 16.2. The third-order valence-corrected chi connectivity index (χ3v) is 4.18. The molecule has 0 aliphatic carbocycles. The molecule has 0 unspecified atom stereocenters. The summed E-state index contributed by atoms with van der Waals surface area (Å²) in [5, 5.41) is 10.8. The van der Waals surface area contributed by atoms with E-state index in [2.05, 4.69) is 15.0 Å². The van der Waals surface area contributed by atoms with Crippen molar-refractivity contribution in [2.45, 2.75) is 12.1 Å². The summed E-state index contributed by atoms with van der Waals surface area (Å²) in [5.74, 6) is -0.435. The molecule has 0 aliphatic rings. The van der Waals surface area contributed by atoms with Crippen molar-refractivity contribution >= 4 is 28.6 Å². The van der Waals surface area contributed by atoms with Crippen molar-refractivity contribution in [3.8, 4) is 17.0 Å². The molecule has 24 heavy (non-hydrogen) atoms. The van der Waals surface area contributed by atoms with E-state index in [1.54, 1.807) is 19.2 Å². The van der Waals surface area contributed by atoms with Gasteiger partial charge in [0.1, 0.15) is 16.8 Å². The molecule has 0 atom stereocenters. The summed E-state index contributed by atoms with van der Waals surface area (Å²) in [4.78, 5) is 24.6. The number of benzene rings is 1. The van der Waals surface area contributed by atoms with Crippen molar-refractivity contribution in [2.75, 3.05) is 13.4 Å². The van der Waals surface area contributed by atoms with E-state index in [4.69, 9.17) is 4.74 Å². The van der Waals surface area contributed by atoms with Gasteiger partial charge in [0.25, 0.3) is 0 Å². The monoisotopic (exact) mass is 341 g/mol. The number of pyridine rings is 1. The quantitative estimate of drug-likeness (QED) is 0.575. The fourth-order valence-electron chi connectivity index (χ4n) is 2.49. The number of rotatable bonds is 4. The van der Waals surface area contributed by atoms with E-state index in [0.29, 0.717) is 27.7 Å². The minimum atomic E-state index is -1.07. The van der Waals surface area contributed by atoms with Crippen molar-refractivity contribution in [3.63, 3.8) is 0 Å². The normalized spacial score (nSPS) is 10.8. The number of aromatic carboxylic acids is 1. The van der Waals surface area contributed by atoms with Crippen molar-refractivity contribution in [1.29, 1.82) is 0 Å². The summed E-state index contributed by atoms with van der Waals surface area (Å²) in [6.45, 7) is 1.89. The number of carbonyl (C=O) groups is 1. The predicted octanol–water partition coefficient (Wildman–Crippen LogP) is 3.43. The SMILES string of the molecule is COc1ccc(-c2nc(SC)ncc2C(=O)O)c2ccc(C)nc12. The fourth-order valence-corrected chi connectivity index (χ4v) is 2.83.